The molecule has 2 saturated heterocycles. The summed E-state index contributed by atoms with van der Waals surface area (Å²) in [5, 5.41) is 3.33. The standard InChI is InChI=1S/C22H24N4O6/c1-10-16(24-11-4-6-12(30-2)7-5-11)19(28)15-13(9-32-21(23)29)22(31-3)20-14(25-20)8-26(22)17(15)18(10)27/h4-7,10,13-14,20,25H,8-9H2,1-3H3,(H2,23,29). The Labute approximate surface area is 184 Å². The Hall–Kier alpha value is -3.24. The fraction of sp³-hybridized carbons (Fsp3) is 0.455. The number of nitrogens with two attached hydrogens (primary N) is 1. The van der Waals surface area contributed by atoms with Crippen LogP contribution in [0.3, 0.4) is 0 Å². The summed E-state index contributed by atoms with van der Waals surface area (Å²) in [6, 6.07) is 6.97. The van der Waals surface area contributed by atoms with Crippen LogP contribution in [0.1, 0.15) is 6.92 Å². The number of primary amides is 1. The zero-order chi connectivity index (χ0) is 22.8. The normalized spacial score (nSPS) is 33.8. The fourth-order valence-corrected chi connectivity index (χ4v) is 5.32. The van der Waals surface area contributed by atoms with Crippen LogP contribution in [-0.2, 0) is 19.1 Å². The van der Waals surface area contributed by atoms with E-state index < -0.39 is 23.7 Å². The molecular formula is C22H24N4O6. The number of rotatable bonds is 5. The zero-order valence-electron chi connectivity index (χ0n) is 18.0. The number of ether oxygens (including phenoxy) is 3. The van der Waals surface area contributed by atoms with E-state index in [0.717, 1.165) is 0 Å². The van der Waals surface area contributed by atoms with E-state index in [0.29, 0.717) is 23.7 Å². The average molecular weight is 440 g/mol. The van der Waals surface area contributed by atoms with Crippen molar-refractivity contribution in [3.63, 3.8) is 0 Å². The molecule has 0 bridgehead atoms. The summed E-state index contributed by atoms with van der Waals surface area (Å²) < 4.78 is 16.2. The zero-order valence-corrected chi connectivity index (χ0v) is 18.0. The predicted octanol–water partition coefficient (Wildman–Crippen LogP) is 0.534. The number of allylic oxidation sites excluding steroid dienone is 1. The van der Waals surface area contributed by atoms with Crippen LogP contribution in [0.15, 0.2) is 40.5 Å². The minimum absolute atomic E-state index is 0.0857. The molecule has 0 saturated carbocycles. The van der Waals surface area contributed by atoms with Gasteiger partial charge in [0.2, 0.25) is 5.78 Å². The number of fused-ring (bicyclic) bond motifs is 4. The van der Waals surface area contributed by atoms with Crippen LogP contribution in [0, 0.1) is 11.8 Å². The molecule has 3 heterocycles. The van der Waals surface area contributed by atoms with Crippen LogP contribution in [-0.4, -0.2) is 73.5 Å². The van der Waals surface area contributed by atoms with Crippen LogP contribution >= 0.6 is 0 Å². The highest BCUT2D eigenvalue weighted by Crippen LogP contribution is 2.55. The van der Waals surface area contributed by atoms with Crippen LogP contribution in [0.5, 0.6) is 5.75 Å². The molecule has 10 heteroatoms. The molecule has 0 radical (unpaired) electrons. The van der Waals surface area contributed by atoms with Crippen molar-refractivity contribution in [3.05, 3.63) is 35.5 Å². The van der Waals surface area contributed by atoms with E-state index in [1.165, 1.54) is 7.11 Å². The summed E-state index contributed by atoms with van der Waals surface area (Å²) >= 11 is 0. The van der Waals surface area contributed by atoms with Gasteiger partial charge in [-0.1, -0.05) is 0 Å². The molecule has 0 aromatic heterocycles. The number of ketones is 2. The Morgan fingerprint density at radius 3 is 2.62 bits per heavy atom. The van der Waals surface area contributed by atoms with Crippen molar-refractivity contribution in [1.29, 1.82) is 0 Å². The van der Waals surface area contributed by atoms with E-state index in [9.17, 15) is 14.4 Å². The number of piperazine rings is 1. The van der Waals surface area contributed by atoms with E-state index in [2.05, 4.69) is 10.3 Å². The van der Waals surface area contributed by atoms with Gasteiger partial charge in [-0.2, -0.15) is 0 Å². The molecule has 5 unspecified atom stereocenters. The molecule has 1 amide bonds. The second-order valence-corrected chi connectivity index (χ2v) is 8.37. The highest BCUT2D eigenvalue weighted by atomic mass is 16.6. The van der Waals surface area contributed by atoms with Gasteiger partial charge in [0.15, 0.2) is 11.5 Å². The molecule has 4 aliphatic rings. The number of nitrogens with zero attached hydrogens (tertiary/aromatic N) is 2. The van der Waals surface area contributed by atoms with Crippen LogP contribution < -0.4 is 15.8 Å². The fourth-order valence-electron chi connectivity index (χ4n) is 5.32. The largest absolute Gasteiger partial charge is 0.497 e. The van der Waals surface area contributed by atoms with Crippen molar-refractivity contribution >= 4 is 29.1 Å². The molecule has 10 nitrogen and oxygen atoms in total. The van der Waals surface area contributed by atoms with Gasteiger partial charge in [-0.05, 0) is 31.2 Å². The van der Waals surface area contributed by atoms with Crippen molar-refractivity contribution in [2.45, 2.75) is 24.7 Å². The van der Waals surface area contributed by atoms with Crippen molar-refractivity contribution in [1.82, 2.24) is 10.2 Å². The first kappa shape index (κ1) is 20.7. The van der Waals surface area contributed by atoms with Gasteiger partial charge in [0.05, 0.1) is 42.1 Å². The smallest absolute Gasteiger partial charge is 0.404 e. The minimum Gasteiger partial charge on any atom is -0.497 e. The molecule has 168 valence electrons. The first-order valence-electron chi connectivity index (χ1n) is 10.4. The van der Waals surface area contributed by atoms with E-state index in [-0.39, 0.29) is 41.5 Å². The molecule has 5 rings (SSSR count). The molecule has 1 aromatic rings. The summed E-state index contributed by atoms with van der Waals surface area (Å²) in [6.07, 6.45) is -0.953. The van der Waals surface area contributed by atoms with Gasteiger partial charge in [0.25, 0.3) is 0 Å². The Kier molecular flexibility index (Phi) is 4.61. The number of methoxy groups -OCH3 is 2. The van der Waals surface area contributed by atoms with Gasteiger partial charge >= 0.3 is 6.09 Å². The quantitative estimate of drug-likeness (QED) is 0.632. The lowest BCUT2D eigenvalue weighted by molar-refractivity contribution is -0.138. The maximum atomic E-state index is 13.7. The van der Waals surface area contributed by atoms with Gasteiger partial charge < -0.3 is 30.2 Å². The van der Waals surface area contributed by atoms with E-state index in [4.69, 9.17) is 19.9 Å². The minimum atomic E-state index is -0.995. The van der Waals surface area contributed by atoms with Crippen molar-refractivity contribution in [2.75, 3.05) is 27.4 Å². The summed E-state index contributed by atoms with van der Waals surface area (Å²) in [5.74, 6) is -1.28. The van der Waals surface area contributed by atoms with Gasteiger partial charge in [-0.15, -0.1) is 0 Å². The number of aliphatic imine (C=N–C) groups is 1. The number of benzene rings is 1. The Morgan fingerprint density at radius 2 is 2.00 bits per heavy atom. The lowest BCUT2D eigenvalue weighted by Crippen LogP contribution is -2.55. The number of nitrogens with one attached hydrogen (secondary N) is 1. The molecule has 32 heavy (non-hydrogen) atoms. The molecule has 3 N–H and O–H groups in total. The first-order chi connectivity index (χ1) is 15.3. The maximum absolute atomic E-state index is 13.7. The second-order valence-electron chi connectivity index (χ2n) is 8.37. The number of carbonyl (C=O) groups excluding carboxylic acids is 3. The second kappa shape index (κ2) is 7.14. The third-order valence-corrected chi connectivity index (χ3v) is 6.86. The highest BCUT2D eigenvalue weighted by molar-refractivity contribution is 6.53. The summed E-state index contributed by atoms with van der Waals surface area (Å²) in [7, 11) is 3.10. The first-order valence-corrected chi connectivity index (χ1v) is 10.4. The van der Waals surface area contributed by atoms with Gasteiger partial charge in [0.1, 0.15) is 12.4 Å². The van der Waals surface area contributed by atoms with Crippen molar-refractivity contribution in [2.24, 2.45) is 22.6 Å². The molecule has 1 aliphatic carbocycles. The number of Topliss-reactive ketones (excluding diaryl/α,β-unsaturated/α-hetero) is 2. The Bertz CT molecular complexity index is 1080. The molecule has 5 atom stereocenters. The Morgan fingerprint density at radius 1 is 1.28 bits per heavy atom. The highest BCUT2D eigenvalue weighted by Gasteiger charge is 2.73. The monoisotopic (exact) mass is 440 g/mol. The molecule has 1 aromatic carbocycles. The summed E-state index contributed by atoms with van der Waals surface area (Å²) in [6.45, 7) is 2.04. The third kappa shape index (κ3) is 2.72. The van der Waals surface area contributed by atoms with Crippen LogP contribution in [0.25, 0.3) is 0 Å². The van der Waals surface area contributed by atoms with Gasteiger partial charge in [-0.25, -0.2) is 9.79 Å². The predicted molar refractivity (Wildman–Crippen MR) is 112 cm³/mol. The number of amides is 1. The van der Waals surface area contributed by atoms with Crippen LogP contribution in [0.2, 0.25) is 0 Å². The average Bonchev–Trinajstić information content (AvgIpc) is 3.40. The third-order valence-electron chi connectivity index (χ3n) is 6.86. The molecule has 2 fully saturated rings. The van der Waals surface area contributed by atoms with E-state index >= 15 is 0 Å². The van der Waals surface area contributed by atoms with Crippen molar-refractivity contribution in [3.8, 4) is 5.75 Å². The Balaban J connectivity index is 1.59. The summed E-state index contributed by atoms with van der Waals surface area (Å²) in [4.78, 5) is 45.0. The lowest BCUT2D eigenvalue weighted by Gasteiger charge is -2.39. The molecular weight excluding hydrogens is 416 g/mol. The van der Waals surface area contributed by atoms with E-state index in [1.807, 2.05) is 4.90 Å². The van der Waals surface area contributed by atoms with Crippen LogP contribution in [0.4, 0.5) is 10.5 Å². The van der Waals surface area contributed by atoms with Gasteiger partial charge in [0, 0.05) is 25.3 Å². The topological polar surface area (TPSA) is 142 Å². The molecule has 0 spiro atoms. The maximum Gasteiger partial charge on any atom is 0.404 e. The number of carbonyl (C=O) groups is 3. The van der Waals surface area contributed by atoms with Gasteiger partial charge in [-0.3, -0.25) is 9.59 Å². The van der Waals surface area contributed by atoms with Crippen molar-refractivity contribution < 1.29 is 28.6 Å². The number of hydrogen-bond acceptors (Lipinski definition) is 9. The lowest BCUT2D eigenvalue weighted by atomic mass is 9.78. The van der Waals surface area contributed by atoms with E-state index in [1.54, 1.807) is 38.3 Å². The summed E-state index contributed by atoms with van der Waals surface area (Å²) in [5.41, 5.74) is 5.51. The SMILES string of the molecule is COc1ccc(N=C2C(=O)C3=C(C(=O)C2C)N2CC4NC4C2(OC)C3COC(N)=O)cc1. The molecule has 3 aliphatic heterocycles. The number of hydrogen-bond donors (Lipinski definition) is 2.